The minimum absolute atomic E-state index is 0.415. The average Bonchev–Trinajstić information content (AvgIpc) is 3.22. The van der Waals surface area contributed by atoms with Gasteiger partial charge in [-0.2, -0.15) is 5.10 Å². The van der Waals surface area contributed by atoms with Gasteiger partial charge in [0.2, 0.25) is 0 Å². The predicted octanol–water partition coefficient (Wildman–Crippen LogP) is 3.36. The predicted molar refractivity (Wildman–Crippen MR) is 107 cm³/mol. The number of benzene rings is 1. The molecule has 142 valence electrons. The minimum Gasteiger partial charge on any atom is -0.497 e. The van der Waals surface area contributed by atoms with Gasteiger partial charge in [-0.1, -0.05) is 5.16 Å². The van der Waals surface area contributed by atoms with E-state index in [0.717, 1.165) is 22.7 Å². The Kier molecular flexibility index (Phi) is 5.60. The number of anilines is 2. The highest BCUT2D eigenvalue weighted by Gasteiger charge is 2.11. The molecule has 27 heavy (non-hydrogen) atoms. The first-order valence-corrected chi connectivity index (χ1v) is 8.65. The van der Waals surface area contributed by atoms with Crippen molar-refractivity contribution < 1.29 is 14.0 Å². The average molecular weight is 387 g/mol. The van der Waals surface area contributed by atoms with Crippen molar-refractivity contribution in [1.82, 2.24) is 14.9 Å². The number of hydrogen-bond donors (Lipinski definition) is 2. The maximum atomic E-state index is 5.39. The van der Waals surface area contributed by atoms with Gasteiger partial charge in [0, 0.05) is 17.8 Å². The van der Waals surface area contributed by atoms with E-state index in [0.29, 0.717) is 28.8 Å². The third-order valence-electron chi connectivity index (χ3n) is 4.05. The van der Waals surface area contributed by atoms with Crippen LogP contribution in [0, 0.1) is 13.8 Å². The zero-order valence-electron chi connectivity index (χ0n) is 15.6. The number of nitrogens with zero attached hydrogens (tertiary/aromatic N) is 3. The van der Waals surface area contributed by atoms with E-state index in [-0.39, 0.29) is 0 Å². The van der Waals surface area contributed by atoms with Crippen LogP contribution in [0.1, 0.15) is 17.0 Å². The lowest BCUT2D eigenvalue weighted by atomic mass is 10.2. The monoisotopic (exact) mass is 387 g/mol. The van der Waals surface area contributed by atoms with Crippen LogP contribution in [-0.4, -0.2) is 34.3 Å². The fourth-order valence-electron chi connectivity index (χ4n) is 2.60. The van der Waals surface area contributed by atoms with Gasteiger partial charge in [-0.25, -0.2) is 0 Å². The number of ether oxygens (including phenoxy) is 2. The summed E-state index contributed by atoms with van der Waals surface area (Å²) < 4.78 is 17.6. The summed E-state index contributed by atoms with van der Waals surface area (Å²) in [5.74, 6) is 2.15. The Morgan fingerprint density at radius 2 is 2.04 bits per heavy atom. The van der Waals surface area contributed by atoms with Crippen molar-refractivity contribution in [3.63, 3.8) is 0 Å². The summed E-state index contributed by atoms with van der Waals surface area (Å²) in [6, 6.07) is 5.44. The summed E-state index contributed by atoms with van der Waals surface area (Å²) in [7, 11) is 3.21. The summed E-state index contributed by atoms with van der Waals surface area (Å²) in [5, 5.41) is 14.9. The van der Waals surface area contributed by atoms with E-state index in [1.165, 1.54) is 0 Å². The molecule has 0 radical (unpaired) electrons. The van der Waals surface area contributed by atoms with Gasteiger partial charge in [0.15, 0.2) is 5.11 Å². The maximum absolute atomic E-state index is 5.39. The highest BCUT2D eigenvalue weighted by atomic mass is 32.1. The summed E-state index contributed by atoms with van der Waals surface area (Å²) in [5.41, 5.74) is 3.35. The molecule has 0 aliphatic rings. The smallest absolute Gasteiger partial charge is 0.175 e. The fraction of sp³-hybridized carbons (Fsp3) is 0.278. The lowest BCUT2D eigenvalue weighted by molar-refractivity contribution is 0.391. The highest BCUT2D eigenvalue weighted by Crippen LogP contribution is 2.29. The number of methoxy groups -OCH3 is 2. The van der Waals surface area contributed by atoms with Gasteiger partial charge in [-0.15, -0.1) is 0 Å². The molecule has 2 N–H and O–H groups in total. The van der Waals surface area contributed by atoms with Crippen molar-refractivity contribution in [2.45, 2.75) is 20.4 Å². The Morgan fingerprint density at radius 3 is 2.70 bits per heavy atom. The summed E-state index contributed by atoms with van der Waals surface area (Å²) in [4.78, 5) is 0. The molecule has 9 heteroatoms. The number of thiocarbonyl (C=S) groups is 1. The molecule has 0 aliphatic carbocycles. The number of rotatable bonds is 6. The molecule has 0 aliphatic heterocycles. The van der Waals surface area contributed by atoms with E-state index in [2.05, 4.69) is 20.9 Å². The lowest BCUT2D eigenvalue weighted by Crippen LogP contribution is -2.19. The van der Waals surface area contributed by atoms with E-state index in [1.54, 1.807) is 25.1 Å². The van der Waals surface area contributed by atoms with Crippen LogP contribution in [0.15, 0.2) is 35.1 Å². The molecular weight excluding hydrogens is 366 g/mol. The SMILES string of the molecule is COc1ccc(OC)c(NC(=S)Nc2cnn(Cc3c(C)noc3C)c2)c1. The van der Waals surface area contributed by atoms with E-state index in [4.69, 9.17) is 26.2 Å². The van der Waals surface area contributed by atoms with Gasteiger partial charge in [0.25, 0.3) is 0 Å². The first-order valence-electron chi connectivity index (χ1n) is 8.24. The molecule has 0 saturated carbocycles. The van der Waals surface area contributed by atoms with Gasteiger partial charge < -0.3 is 24.6 Å². The van der Waals surface area contributed by atoms with Crippen LogP contribution in [0.2, 0.25) is 0 Å². The molecule has 0 fully saturated rings. The normalized spacial score (nSPS) is 10.5. The number of nitrogens with one attached hydrogen (secondary N) is 2. The van der Waals surface area contributed by atoms with Crippen molar-refractivity contribution in [3.8, 4) is 11.5 Å². The minimum atomic E-state index is 0.415. The van der Waals surface area contributed by atoms with E-state index < -0.39 is 0 Å². The first kappa shape index (κ1) is 18.7. The number of aromatic nitrogens is 3. The molecule has 0 spiro atoms. The van der Waals surface area contributed by atoms with Gasteiger partial charge >= 0.3 is 0 Å². The highest BCUT2D eigenvalue weighted by molar-refractivity contribution is 7.80. The van der Waals surface area contributed by atoms with Crippen molar-refractivity contribution in [3.05, 3.63) is 47.6 Å². The van der Waals surface area contributed by atoms with Crippen LogP contribution in [0.4, 0.5) is 11.4 Å². The van der Waals surface area contributed by atoms with E-state index in [9.17, 15) is 0 Å². The molecule has 2 heterocycles. The third-order valence-corrected chi connectivity index (χ3v) is 4.25. The second-order valence-corrected chi connectivity index (χ2v) is 6.28. The Balaban J connectivity index is 1.66. The van der Waals surface area contributed by atoms with Crippen LogP contribution in [-0.2, 0) is 6.54 Å². The molecule has 1 aromatic carbocycles. The maximum Gasteiger partial charge on any atom is 0.175 e. The largest absolute Gasteiger partial charge is 0.497 e. The molecular formula is C18H21N5O3S. The van der Waals surface area contributed by atoms with Crippen LogP contribution < -0.4 is 20.1 Å². The Labute approximate surface area is 162 Å². The second kappa shape index (κ2) is 8.09. The molecule has 0 saturated heterocycles. The van der Waals surface area contributed by atoms with Crippen molar-refractivity contribution in [2.75, 3.05) is 24.9 Å². The summed E-state index contributed by atoms with van der Waals surface area (Å²) in [6.45, 7) is 4.38. The molecule has 8 nitrogen and oxygen atoms in total. The fourth-order valence-corrected chi connectivity index (χ4v) is 2.83. The van der Waals surface area contributed by atoms with Crippen LogP contribution in [0.3, 0.4) is 0 Å². The van der Waals surface area contributed by atoms with E-state index in [1.807, 2.05) is 38.2 Å². The molecule has 0 amide bonds. The zero-order valence-corrected chi connectivity index (χ0v) is 16.4. The molecule has 0 atom stereocenters. The Bertz CT molecular complexity index is 931. The molecule has 0 bridgehead atoms. The Morgan fingerprint density at radius 1 is 1.22 bits per heavy atom. The van der Waals surface area contributed by atoms with Gasteiger partial charge in [0.05, 0.1) is 44.0 Å². The van der Waals surface area contributed by atoms with Crippen molar-refractivity contribution in [1.29, 1.82) is 0 Å². The van der Waals surface area contributed by atoms with Crippen LogP contribution in [0.5, 0.6) is 11.5 Å². The van der Waals surface area contributed by atoms with Gasteiger partial charge in [0.1, 0.15) is 17.3 Å². The molecule has 3 aromatic rings. The van der Waals surface area contributed by atoms with Gasteiger partial charge in [-0.3, -0.25) is 4.68 Å². The summed E-state index contributed by atoms with van der Waals surface area (Å²) in [6.07, 6.45) is 3.57. The summed E-state index contributed by atoms with van der Waals surface area (Å²) >= 11 is 5.39. The van der Waals surface area contributed by atoms with Gasteiger partial charge in [-0.05, 0) is 38.2 Å². The first-order chi connectivity index (χ1) is 13.0. The standard InChI is InChI=1S/C18H21N5O3S/c1-11-15(12(2)26-22-11)10-23-9-13(8-19-23)20-18(27)21-16-7-14(24-3)5-6-17(16)25-4/h5-9H,10H2,1-4H3,(H2,20,21,27). The van der Waals surface area contributed by atoms with E-state index >= 15 is 0 Å². The molecule has 3 rings (SSSR count). The number of hydrogen-bond acceptors (Lipinski definition) is 6. The second-order valence-electron chi connectivity index (χ2n) is 5.87. The van der Waals surface area contributed by atoms with Crippen molar-refractivity contribution >= 4 is 28.7 Å². The quantitative estimate of drug-likeness (QED) is 0.623. The lowest BCUT2D eigenvalue weighted by Gasteiger charge is -2.13. The molecule has 2 aromatic heterocycles. The van der Waals surface area contributed by atoms with Crippen molar-refractivity contribution in [2.24, 2.45) is 0 Å². The van der Waals surface area contributed by atoms with Crippen LogP contribution in [0.25, 0.3) is 0 Å². The zero-order chi connectivity index (χ0) is 19.4. The topological polar surface area (TPSA) is 86.4 Å². The molecule has 0 unspecified atom stereocenters. The Hall–Kier alpha value is -3.07. The van der Waals surface area contributed by atoms with Crippen LogP contribution >= 0.6 is 12.2 Å². The number of aryl methyl sites for hydroxylation is 2. The third kappa shape index (κ3) is 4.37.